The van der Waals surface area contributed by atoms with E-state index in [2.05, 4.69) is 17.0 Å². The predicted molar refractivity (Wildman–Crippen MR) is 81.9 cm³/mol. The highest BCUT2D eigenvalue weighted by Gasteiger charge is 2.31. The van der Waals surface area contributed by atoms with Gasteiger partial charge in [-0.25, -0.2) is 0 Å². The number of halogens is 3. The zero-order chi connectivity index (χ0) is 16.3. The Morgan fingerprint density at radius 1 is 1.04 bits per heavy atom. The number of benzene rings is 2. The fraction of sp³-hybridized carbons (Fsp3) is 0.333. The minimum absolute atomic E-state index is 0.324. The van der Waals surface area contributed by atoms with Crippen molar-refractivity contribution >= 4 is 0 Å². The molecule has 1 saturated heterocycles. The lowest BCUT2D eigenvalue weighted by atomic mass is 10.0. The van der Waals surface area contributed by atoms with Crippen LogP contribution in [-0.4, -0.2) is 24.6 Å². The van der Waals surface area contributed by atoms with Gasteiger partial charge in [0.15, 0.2) is 0 Å². The van der Waals surface area contributed by atoms with E-state index in [-0.39, 0.29) is 6.10 Å². The lowest BCUT2D eigenvalue weighted by Crippen LogP contribution is -2.37. The third-order valence-corrected chi connectivity index (χ3v) is 3.99. The monoisotopic (exact) mass is 321 g/mol. The van der Waals surface area contributed by atoms with Gasteiger partial charge in [-0.3, -0.25) is 4.90 Å². The average molecular weight is 321 g/mol. The van der Waals surface area contributed by atoms with Gasteiger partial charge in [0.1, 0.15) is 0 Å². The lowest BCUT2D eigenvalue weighted by Gasteiger charge is -2.33. The molecule has 0 aromatic heterocycles. The summed E-state index contributed by atoms with van der Waals surface area (Å²) in [4.78, 5) is 2.21. The van der Waals surface area contributed by atoms with E-state index >= 15 is 0 Å². The smallest absolute Gasteiger partial charge is 0.371 e. The number of nitrogens with zero attached hydrogens (tertiary/aromatic N) is 1. The van der Waals surface area contributed by atoms with Gasteiger partial charge in [0.05, 0.1) is 18.3 Å². The van der Waals surface area contributed by atoms with E-state index in [9.17, 15) is 13.2 Å². The highest BCUT2D eigenvalue weighted by Crippen LogP contribution is 2.32. The van der Waals surface area contributed by atoms with E-state index in [1.807, 2.05) is 18.2 Å². The standard InChI is InChI=1S/C18H18F3NO/c19-18(20,21)16-8-4-7-15(11-16)17-13-22(9-10-23-17)12-14-5-2-1-3-6-14/h1-8,11,17H,9-10,12-13H2. The summed E-state index contributed by atoms with van der Waals surface area (Å²) < 4.78 is 44.2. The Balaban J connectivity index is 1.71. The van der Waals surface area contributed by atoms with E-state index in [1.54, 1.807) is 6.07 Å². The van der Waals surface area contributed by atoms with Crippen LogP contribution in [0.2, 0.25) is 0 Å². The minimum atomic E-state index is -4.32. The van der Waals surface area contributed by atoms with Crippen LogP contribution in [0, 0.1) is 0 Å². The molecule has 0 radical (unpaired) electrons. The molecule has 1 fully saturated rings. The number of rotatable bonds is 3. The highest BCUT2D eigenvalue weighted by atomic mass is 19.4. The van der Waals surface area contributed by atoms with Gasteiger partial charge in [-0.2, -0.15) is 13.2 Å². The molecule has 2 aromatic carbocycles. The van der Waals surface area contributed by atoms with Crippen molar-refractivity contribution < 1.29 is 17.9 Å². The topological polar surface area (TPSA) is 12.5 Å². The number of alkyl halides is 3. The zero-order valence-electron chi connectivity index (χ0n) is 12.6. The molecule has 0 N–H and O–H groups in total. The molecule has 1 atom stereocenters. The first-order valence-corrected chi connectivity index (χ1v) is 7.57. The molecular weight excluding hydrogens is 303 g/mol. The van der Waals surface area contributed by atoms with E-state index in [4.69, 9.17) is 4.74 Å². The lowest BCUT2D eigenvalue weighted by molar-refractivity contribution is -0.137. The van der Waals surface area contributed by atoms with Crippen LogP contribution in [0.3, 0.4) is 0 Å². The Bertz CT molecular complexity index is 642. The maximum absolute atomic E-state index is 12.8. The van der Waals surface area contributed by atoms with Gasteiger partial charge in [0.25, 0.3) is 0 Å². The van der Waals surface area contributed by atoms with E-state index < -0.39 is 11.7 Å². The van der Waals surface area contributed by atoms with Crippen LogP contribution in [0.4, 0.5) is 13.2 Å². The van der Waals surface area contributed by atoms with Gasteiger partial charge in [0.2, 0.25) is 0 Å². The summed E-state index contributed by atoms with van der Waals surface area (Å²) in [5.74, 6) is 0. The SMILES string of the molecule is FC(F)(F)c1cccc(C2CN(Cc3ccccc3)CCO2)c1. The van der Waals surface area contributed by atoms with Crippen molar-refractivity contribution in [3.8, 4) is 0 Å². The average Bonchev–Trinajstić information content (AvgIpc) is 2.55. The second-order valence-corrected chi connectivity index (χ2v) is 5.70. The molecule has 23 heavy (non-hydrogen) atoms. The van der Waals surface area contributed by atoms with Crippen LogP contribution in [0.25, 0.3) is 0 Å². The first kappa shape index (κ1) is 16.0. The summed E-state index contributed by atoms with van der Waals surface area (Å²) in [6.07, 6.45) is -4.65. The largest absolute Gasteiger partial charge is 0.416 e. The maximum Gasteiger partial charge on any atom is 0.416 e. The second kappa shape index (κ2) is 6.72. The van der Waals surface area contributed by atoms with Gasteiger partial charge in [-0.05, 0) is 23.3 Å². The molecule has 0 aliphatic carbocycles. The summed E-state index contributed by atoms with van der Waals surface area (Å²) in [6.45, 7) is 2.67. The zero-order valence-corrected chi connectivity index (χ0v) is 12.6. The first-order valence-electron chi connectivity index (χ1n) is 7.57. The van der Waals surface area contributed by atoms with Gasteiger partial charge < -0.3 is 4.74 Å². The number of ether oxygens (including phenoxy) is 1. The molecule has 3 rings (SSSR count). The quantitative estimate of drug-likeness (QED) is 0.837. The highest BCUT2D eigenvalue weighted by molar-refractivity contribution is 5.28. The summed E-state index contributed by atoms with van der Waals surface area (Å²) in [5.41, 5.74) is 1.15. The third kappa shape index (κ3) is 4.12. The summed E-state index contributed by atoms with van der Waals surface area (Å²) >= 11 is 0. The Hall–Kier alpha value is -1.85. The predicted octanol–water partition coefficient (Wildman–Crippen LogP) is 4.28. The molecule has 1 heterocycles. The third-order valence-electron chi connectivity index (χ3n) is 3.99. The molecule has 1 aliphatic heterocycles. The molecular formula is C18H18F3NO. The van der Waals surface area contributed by atoms with Gasteiger partial charge >= 0.3 is 6.18 Å². The number of hydrogen-bond donors (Lipinski definition) is 0. The minimum Gasteiger partial charge on any atom is -0.371 e. The Morgan fingerprint density at radius 2 is 1.83 bits per heavy atom. The number of morpholine rings is 1. The fourth-order valence-corrected chi connectivity index (χ4v) is 2.80. The molecule has 0 amide bonds. The second-order valence-electron chi connectivity index (χ2n) is 5.70. The van der Waals surface area contributed by atoms with Crippen molar-refractivity contribution in [1.29, 1.82) is 0 Å². The van der Waals surface area contributed by atoms with Gasteiger partial charge in [0, 0.05) is 19.6 Å². The number of hydrogen-bond acceptors (Lipinski definition) is 2. The summed E-state index contributed by atoms with van der Waals surface area (Å²) in [5, 5.41) is 0. The molecule has 2 aromatic rings. The molecule has 0 saturated carbocycles. The normalized spacial score (nSPS) is 19.7. The Kier molecular flexibility index (Phi) is 4.68. The van der Waals surface area contributed by atoms with Crippen LogP contribution < -0.4 is 0 Å². The van der Waals surface area contributed by atoms with E-state index in [0.29, 0.717) is 18.7 Å². The molecule has 122 valence electrons. The van der Waals surface area contributed by atoms with Crippen molar-refractivity contribution in [3.05, 3.63) is 71.3 Å². The molecule has 2 nitrogen and oxygen atoms in total. The van der Waals surface area contributed by atoms with E-state index in [0.717, 1.165) is 19.2 Å². The van der Waals surface area contributed by atoms with Crippen LogP contribution in [0.5, 0.6) is 0 Å². The molecule has 1 aliphatic rings. The van der Waals surface area contributed by atoms with Gasteiger partial charge in [-0.15, -0.1) is 0 Å². The van der Waals surface area contributed by atoms with Crippen LogP contribution in [-0.2, 0) is 17.5 Å². The first-order chi connectivity index (χ1) is 11.0. The molecule has 0 bridgehead atoms. The Labute approximate surface area is 133 Å². The molecule has 0 spiro atoms. The Morgan fingerprint density at radius 3 is 2.57 bits per heavy atom. The van der Waals surface area contributed by atoms with Crippen molar-refractivity contribution in [2.45, 2.75) is 18.8 Å². The fourth-order valence-electron chi connectivity index (χ4n) is 2.80. The van der Waals surface area contributed by atoms with Gasteiger partial charge in [-0.1, -0.05) is 42.5 Å². The summed E-state index contributed by atoms with van der Waals surface area (Å²) in [6, 6.07) is 15.5. The van der Waals surface area contributed by atoms with Crippen molar-refractivity contribution in [1.82, 2.24) is 4.90 Å². The maximum atomic E-state index is 12.8. The van der Waals surface area contributed by atoms with E-state index in [1.165, 1.54) is 17.7 Å². The van der Waals surface area contributed by atoms with Crippen molar-refractivity contribution in [2.24, 2.45) is 0 Å². The van der Waals surface area contributed by atoms with Crippen molar-refractivity contribution in [3.63, 3.8) is 0 Å². The van der Waals surface area contributed by atoms with Crippen LogP contribution in [0.1, 0.15) is 22.8 Å². The van der Waals surface area contributed by atoms with Crippen LogP contribution in [0.15, 0.2) is 54.6 Å². The van der Waals surface area contributed by atoms with Crippen LogP contribution >= 0.6 is 0 Å². The molecule has 5 heteroatoms. The summed E-state index contributed by atoms with van der Waals surface area (Å²) in [7, 11) is 0. The molecule has 1 unspecified atom stereocenters. The van der Waals surface area contributed by atoms with Crippen molar-refractivity contribution in [2.75, 3.05) is 19.7 Å².